The van der Waals surface area contributed by atoms with Gasteiger partial charge in [0.25, 0.3) is 5.91 Å². The molecule has 1 aromatic carbocycles. The number of carbonyl (C=O) groups excluding carboxylic acids is 2. The largest absolute Gasteiger partial charge is 0.462 e. The lowest BCUT2D eigenvalue weighted by molar-refractivity contribution is 0.0526. The number of pyridine rings is 1. The van der Waals surface area contributed by atoms with Crippen molar-refractivity contribution in [1.82, 2.24) is 4.98 Å². The van der Waals surface area contributed by atoms with E-state index in [-0.39, 0.29) is 11.9 Å². The zero-order chi connectivity index (χ0) is 18.4. The fourth-order valence-electron chi connectivity index (χ4n) is 3.00. The molecule has 1 saturated carbocycles. The van der Waals surface area contributed by atoms with Crippen LogP contribution in [-0.2, 0) is 4.74 Å². The number of esters is 1. The third-order valence-corrected chi connectivity index (χ3v) is 4.39. The number of carbonyl (C=O) groups is 2. The van der Waals surface area contributed by atoms with Crippen LogP contribution in [0.4, 0.5) is 11.5 Å². The molecule has 6 heteroatoms. The molecule has 0 bridgehead atoms. The van der Waals surface area contributed by atoms with Gasteiger partial charge in [-0.2, -0.15) is 0 Å². The number of rotatable bonds is 6. The number of hydrogen-bond acceptors (Lipinski definition) is 5. The molecule has 0 radical (unpaired) electrons. The van der Waals surface area contributed by atoms with Gasteiger partial charge >= 0.3 is 5.97 Å². The van der Waals surface area contributed by atoms with Gasteiger partial charge in [0.05, 0.1) is 17.7 Å². The average molecular weight is 353 g/mol. The van der Waals surface area contributed by atoms with Gasteiger partial charge < -0.3 is 15.4 Å². The Hall–Kier alpha value is -2.89. The minimum Gasteiger partial charge on any atom is -0.462 e. The standard InChI is InChI=1S/C20H23N3O3/c1-2-26-20(25)14-7-10-17(11-8-14)23-19(24)15-9-12-18(21-13-15)22-16-5-3-4-6-16/h7-13,16H,2-6H2,1H3,(H,21,22)(H,23,24). The molecule has 26 heavy (non-hydrogen) atoms. The second-order valence-electron chi connectivity index (χ2n) is 6.31. The van der Waals surface area contributed by atoms with E-state index in [9.17, 15) is 9.59 Å². The highest BCUT2D eigenvalue weighted by Gasteiger charge is 2.15. The van der Waals surface area contributed by atoms with E-state index in [4.69, 9.17) is 4.74 Å². The minimum atomic E-state index is -0.375. The van der Waals surface area contributed by atoms with Crippen LogP contribution in [0.25, 0.3) is 0 Å². The summed E-state index contributed by atoms with van der Waals surface area (Å²) in [7, 11) is 0. The van der Waals surface area contributed by atoms with E-state index in [1.54, 1.807) is 43.5 Å². The van der Waals surface area contributed by atoms with Crippen molar-refractivity contribution >= 4 is 23.4 Å². The highest BCUT2D eigenvalue weighted by Crippen LogP contribution is 2.21. The second-order valence-corrected chi connectivity index (χ2v) is 6.31. The van der Waals surface area contributed by atoms with E-state index < -0.39 is 0 Å². The molecule has 1 fully saturated rings. The Morgan fingerprint density at radius 3 is 2.38 bits per heavy atom. The second kappa shape index (κ2) is 8.47. The quantitative estimate of drug-likeness (QED) is 0.771. The van der Waals surface area contributed by atoms with Gasteiger partial charge in [0.1, 0.15) is 5.82 Å². The van der Waals surface area contributed by atoms with Crippen molar-refractivity contribution in [2.75, 3.05) is 17.2 Å². The number of hydrogen-bond donors (Lipinski definition) is 2. The van der Waals surface area contributed by atoms with E-state index in [2.05, 4.69) is 15.6 Å². The lowest BCUT2D eigenvalue weighted by Crippen LogP contribution is -2.16. The van der Waals surface area contributed by atoms with Crippen LogP contribution in [-0.4, -0.2) is 29.5 Å². The lowest BCUT2D eigenvalue weighted by atomic mass is 10.2. The normalized spacial score (nSPS) is 14.0. The number of ether oxygens (including phenoxy) is 1. The van der Waals surface area contributed by atoms with Gasteiger partial charge in [-0.05, 0) is 56.2 Å². The van der Waals surface area contributed by atoms with Crippen LogP contribution >= 0.6 is 0 Å². The number of anilines is 2. The third-order valence-electron chi connectivity index (χ3n) is 4.39. The average Bonchev–Trinajstić information content (AvgIpc) is 3.16. The van der Waals surface area contributed by atoms with E-state index in [0.717, 1.165) is 5.82 Å². The Bertz CT molecular complexity index is 751. The summed E-state index contributed by atoms with van der Waals surface area (Å²) in [6.45, 7) is 2.09. The van der Waals surface area contributed by atoms with Gasteiger partial charge in [-0.15, -0.1) is 0 Å². The molecule has 1 aliphatic rings. The molecule has 0 unspecified atom stereocenters. The van der Waals surface area contributed by atoms with Crippen molar-refractivity contribution in [1.29, 1.82) is 0 Å². The summed E-state index contributed by atoms with van der Waals surface area (Å²) in [6, 6.07) is 10.7. The van der Waals surface area contributed by atoms with Gasteiger partial charge in [-0.3, -0.25) is 4.79 Å². The Morgan fingerprint density at radius 2 is 1.77 bits per heavy atom. The minimum absolute atomic E-state index is 0.242. The van der Waals surface area contributed by atoms with Crippen molar-refractivity contribution < 1.29 is 14.3 Å². The molecule has 6 nitrogen and oxygen atoms in total. The maximum absolute atomic E-state index is 12.3. The Kier molecular flexibility index (Phi) is 5.84. The first kappa shape index (κ1) is 17.9. The summed E-state index contributed by atoms with van der Waals surface area (Å²) in [5.74, 6) is 0.181. The van der Waals surface area contributed by atoms with Crippen LogP contribution in [0.3, 0.4) is 0 Å². The zero-order valence-corrected chi connectivity index (χ0v) is 14.8. The molecule has 0 atom stereocenters. The van der Waals surface area contributed by atoms with Crippen molar-refractivity contribution in [2.24, 2.45) is 0 Å². The van der Waals surface area contributed by atoms with Crippen molar-refractivity contribution in [3.63, 3.8) is 0 Å². The fraction of sp³-hybridized carbons (Fsp3) is 0.350. The monoisotopic (exact) mass is 353 g/mol. The summed E-state index contributed by atoms with van der Waals surface area (Å²) >= 11 is 0. The first-order valence-corrected chi connectivity index (χ1v) is 8.97. The summed E-state index contributed by atoms with van der Waals surface area (Å²) < 4.78 is 4.94. The number of nitrogens with one attached hydrogen (secondary N) is 2. The Labute approximate surface area is 153 Å². The molecular weight excluding hydrogens is 330 g/mol. The summed E-state index contributed by atoms with van der Waals surface area (Å²) in [5, 5.41) is 6.19. The summed E-state index contributed by atoms with van der Waals surface area (Å²) in [6.07, 6.45) is 6.43. The van der Waals surface area contributed by atoms with Crippen LogP contribution in [0.2, 0.25) is 0 Å². The maximum atomic E-state index is 12.3. The van der Waals surface area contributed by atoms with Crippen LogP contribution in [0, 0.1) is 0 Å². The van der Waals surface area contributed by atoms with Gasteiger partial charge in [-0.1, -0.05) is 12.8 Å². The third kappa shape index (κ3) is 4.59. The molecule has 0 spiro atoms. The molecule has 0 aliphatic heterocycles. The van der Waals surface area contributed by atoms with Gasteiger partial charge in [0.2, 0.25) is 0 Å². The van der Waals surface area contributed by atoms with E-state index in [0.29, 0.717) is 29.5 Å². The predicted molar refractivity (Wildman–Crippen MR) is 100 cm³/mol. The maximum Gasteiger partial charge on any atom is 0.338 e. The summed E-state index contributed by atoms with van der Waals surface area (Å²) in [5.41, 5.74) is 1.54. The molecule has 1 heterocycles. The highest BCUT2D eigenvalue weighted by atomic mass is 16.5. The van der Waals surface area contributed by atoms with Gasteiger partial charge in [0.15, 0.2) is 0 Å². The van der Waals surface area contributed by atoms with E-state index in [1.807, 2.05) is 6.07 Å². The molecule has 136 valence electrons. The lowest BCUT2D eigenvalue weighted by Gasteiger charge is -2.12. The smallest absolute Gasteiger partial charge is 0.338 e. The van der Waals surface area contributed by atoms with Gasteiger partial charge in [-0.25, -0.2) is 9.78 Å². The number of amides is 1. The van der Waals surface area contributed by atoms with Crippen LogP contribution in [0.1, 0.15) is 53.3 Å². The highest BCUT2D eigenvalue weighted by molar-refractivity contribution is 6.04. The fourth-order valence-corrected chi connectivity index (χ4v) is 3.00. The Morgan fingerprint density at radius 1 is 1.08 bits per heavy atom. The number of nitrogens with zero attached hydrogens (tertiary/aromatic N) is 1. The topological polar surface area (TPSA) is 80.3 Å². The van der Waals surface area contributed by atoms with E-state index in [1.165, 1.54) is 25.7 Å². The van der Waals surface area contributed by atoms with Crippen LogP contribution in [0.15, 0.2) is 42.6 Å². The zero-order valence-electron chi connectivity index (χ0n) is 14.8. The van der Waals surface area contributed by atoms with Gasteiger partial charge in [0, 0.05) is 17.9 Å². The van der Waals surface area contributed by atoms with Crippen molar-refractivity contribution in [2.45, 2.75) is 38.6 Å². The number of benzene rings is 1. The van der Waals surface area contributed by atoms with Crippen molar-refractivity contribution in [3.8, 4) is 0 Å². The van der Waals surface area contributed by atoms with Crippen LogP contribution in [0.5, 0.6) is 0 Å². The Balaban J connectivity index is 1.58. The molecule has 2 N–H and O–H groups in total. The molecule has 1 amide bonds. The van der Waals surface area contributed by atoms with Crippen LogP contribution < -0.4 is 10.6 Å². The molecule has 0 saturated heterocycles. The predicted octanol–water partition coefficient (Wildman–Crippen LogP) is 3.87. The SMILES string of the molecule is CCOC(=O)c1ccc(NC(=O)c2ccc(NC3CCCC3)nc2)cc1. The molecule has 2 aromatic rings. The molecular formula is C20H23N3O3. The summed E-state index contributed by atoms with van der Waals surface area (Å²) in [4.78, 5) is 28.3. The first-order valence-electron chi connectivity index (χ1n) is 8.97. The molecule has 3 rings (SSSR count). The molecule has 1 aromatic heterocycles. The first-order chi connectivity index (χ1) is 12.7. The number of aromatic nitrogens is 1. The van der Waals surface area contributed by atoms with Crippen molar-refractivity contribution in [3.05, 3.63) is 53.7 Å². The van der Waals surface area contributed by atoms with E-state index >= 15 is 0 Å². The molecule has 1 aliphatic carbocycles.